The number of hydrogen-bond donors (Lipinski definition) is 0. The summed E-state index contributed by atoms with van der Waals surface area (Å²) in [5, 5.41) is 0.391. The van der Waals surface area contributed by atoms with Gasteiger partial charge in [0.1, 0.15) is 11.0 Å². The molecule has 82 valence electrons. The number of halogens is 1. The standard InChI is InChI=1S/C10H13ClN2O2/c1-4-15-9(14)5-8-6(2)10(11)13-7(3)12-8/h4-5H2,1-3H3. The summed E-state index contributed by atoms with van der Waals surface area (Å²) in [5.74, 6) is 0.264. The lowest BCUT2D eigenvalue weighted by molar-refractivity contribution is -0.142. The molecule has 0 atom stereocenters. The van der Waals surface area contributed by atoms with Crippen molar-refractivity contribution in [3.05, 3.63) is 22.2 Å². The highest BCUT2D eigenvalue weighted by atomic mass is 35.5. The topological polar surface area (TPSA) is 52.1 Å². The minimum absolute atomic E-state index is 0.142. The van der Waals surface area contributed by atoms with Gasteiger partial charge in [-0.05, 0) is 20.8 Å². The van der Waals surface area contributed by atoms with E-state index in [4.69, 9.17) is 16.3 Å². The van der Waals surface area contributed by atoms with Crippen molar-refractivity contribution in [2.24, 2.45) is 0 Å². The lowest BCUT2D eigenvalue weighted by Gasteiger charge is -2.06. The smallest absolute Gasteiger partial charge is 0.311 e. The summed E-state index contributed by atoms with van der Waals surface area (Å²) in [7, 11) is 0. The summed E-state index contributed by atoms with van der Waals surface area (Å²) in [5.41, 5.74) is 1.36. The van der Waals surface area contributed by atoms with Crippen LogP contribution in [-0.4, -0.2) is 22.5 Å². The Balaban J connectivity index is 2.89. The first-order valence-corrected chi connectivity index (χ1v) is 5.07. The molecular weight excluding hydrogens is 216 g/mol. The molecule has 0 aliphatic heterocycles. The number of carbonyl (C=O) groups excluding carboxylic acids is 1. The molecule has 0 aliphatic carbocycles. The maximum absolute atomic E-state index is 11.3. The molecular formula is C10H13ClN2O2. The van der Waals surface area contributed by atoms with E-state index in [0.29, 0.717) is 23.3 Å². The molecule has 0 saturated heterocycles. The molecule has 0 saturated carbocycles. The molecule has 1 rings (SSSR count). The van der Waals surface area contributed by atoms with Crippen molar-refractivity contribution in [1.82, 2.24) is 9.97 Å². The van der Waals surface area contributed by atoms with Crippen molar-refractivity contribution in [2.75, 3.05) is 6.61 Å². The molecule has 1 aromatic rings. The van der Waals surface area contributed by atoms with Crippen LogP contribution in [0.3, 0.4) is 0 Å². The summed E-state index contributed by atoms with van der Waals surface area (Å²) in [6, 6.07) is 0. The van der Waals surface area contributed by atoms with Crippen LogP contribution < -0.4 is 0 Å². The Kier molecular flexibility index (Phi) is 4.03. The predicted molar refractivity (Wildman–Crippen MR) is 56.9 cm³/mol. The van der Waals surface area contributed by atoms with Crippen LogP contribution >= 0.6 is 11.6 Å². The van der Waals surface area contributed by atoms with Gasteiger partial charge >= 0.3 is 5.97 Å². The molecule has 0 N–H and O–H groups in total. The number of aromatic nitrogens is 2. The van der Waals surface area contributed by atoms with Crippen LogP contribution in [0.5, 0.6) is 0 Å². The zero-order chi connectivity index (χ0) is 11.4. The van der Waals surface area contributed by atoms with E-state index < -0.39 is 0 Å². The van der Waals surface area contributed by atoms with Gasteiger partial charge in [0.05, 0.1) is 18.7 Å². The maximum Gasteiger partial charge on any atom is 0.311 e. The highest BCUT2D eigenvalue weighted by molar-refractivity contribution is 6.30. The number of rotatable bonds is 3. The first-order valence-electron chi connectivity index (χ1n) is 4.69. The van der Waals surface area contributed by atoms with Gasteiger partial charge < -0.3 is 4.74 Å². The monoisotopic (exact) mass is 228 g/mol. The summed E-state index contributed by atoms with van der Waals surface area (Å²) in [6.45, 7) is 5.66. The Bertz CT molecular complexity index is 380. The molecule has 0 spiro atoms. The zero-order valence-corrected chi connectivity index (χ0v) is 9.76. The normalized spacial score (nSPS) is 10.1. The fraction of sp³-hybridized carbons (Fsp3) is 0.500. The highest BCUT2D eigenvalue weighted by Gasteiger charge is 2.11. The maximum atomic E-state index is 11.3. The van der Waals surface area contributed by atoms with Crippen LogP contribution in [-0.2, 0) is 16.0 Å². The van der Waals surface area contributed by atoms with E-state index in [2.05, 4.69) is 9.97 Å². The Hall–Kier alpha value is -1.16. The first kappa shape index (κ1) is 11.9. The van der Waals surface area contributed by atoms with Gasteiger partial charge in [-0.15, -0.1) is 0 Å². The summed E-state index contributed by atoms with van der Waals surface area (Å²) in [4.78, 5) is 19.4. The van der Waals surface area contributed by atoms with Gasteiger partial charge in [0.2, 0.25) is 0 Å². The third kappa shape index (κ3) is 3.16. The summed E-state index contributed by atoms with van der Waals surface area (Å²) < 4.78 is 4.84. The van der Waals surface area contributed by atoms with Crippen LogP contribution in [0.2, 0.25) is 5.15 Å². The molecule has 0 bridgehead atoms. The Morgan fingerprint density at radius 2 is 2.07 bits per heavy atom. The van der Waals surface area contributed by atoms with E-state index >= 15 is 0 Å². The van der Waals surface area contributed by atoms with Crippen LogP contribution in [0.25, 0.3) is 0 Å². The van der Waals surface area contributed by atoms with Gasteiger partial charge in [-0.3, -0.25) is 4.79 Å². The minimum atomic E-state index is -0.297. The summed E-state index contributed by atoms with van der Waals surface area (Å²) in [6.07, 6.45) is 0.142. The number of aryl methyl sites for hydroxylation is 1. The molecule has 0 aliphatic rings. The SMILES string of the molecule is CCOC(=O)Cc1nc(C)nc(Cl)c1C. The van der Waals surface area contributed by atoms with Gasteiger partial charge in [-0.2, -0.15) is 0 Å². The van der Waals surface area contributed by atoms with Crippen molar-refractivity contribution in [2.45, 2.75) is 27.2 Å². The molecule has 1 heterocycles. The Morgan fingerprint density at radius 3 is 2.67 bits per heavy atom. The molecule has 4 nitrogen and oxygen atoms in total. The Morgan fingerprint density at radius 1 is 1.40 bits per heavy atom. The van der Waals surface area contributed by atoms with Crippen molar-refractivity contribution in [1.29, 1.82) is 0 Å². The fourth-order valence-electron chi connectivity index (χ4n) is 1.17. The second kappa shape index (κ2) is 5.07. The molecule has 1 aromatic heterocycles. The number of carbonyl (C=O) groups is 1. The van der Waals surface area contributed by atoms with Crippen LogP contribution in [0.1, 0.15) is 24.0 Å². The van der Waals surface area contributed by atoms with Crippen molar-refractivity contribution in [3.8, 4) is 0 Å². The molecule has 0 radical (unpaired) electrons. The second-order valence-corrected chi connectivity index (χ2v) is 3.47. The van der Waals surface area contributed by atoms with E-state index in [-0.39, 0.29) is 12.4 Å². The van der Waals surface area contributed by atoms with Crippen LogP contribution in [0.4, 0.5) is 0 Å². The van der Waals surface area contributed by atoms with E-state index in [0.717, 1.165) is 5.56 Å². The second-order valence-electron chi connectivity index (χ2n) is 3.12. The minimum Gasteiger partial charge on any atom is -0.466 e. The van der Waals surface area contributed by atoms with Crippen LogP contribution in [0.15, 0.2) is 0 Å². The van der Waals surface area contributed by atoms with Gasteiger partial charge in [-0.25, -0.2) is 9.97 Å². The van der Waals surface area contributed by atoms with Crippen molar-refractivity contribution in [3.63, 3.8) is 0 Å². The molecule has 0 unspecified atom stereocenters. The quantitative estimate of drug-likeness (QED) is 0.585. The third-order valence-electron chi connectivity index (χ3n) is 1.92. The number of esters is 1. The van der Waals surface area contributed by atoms with Gasteiger partial charge in [-0.1, -0.05) is 11.6 Å². The van der Waals surface area contributed by atoms with E-state index in [1.54, 1.807) is 20.8 Å². The van der Waals surface area contributed by atoms with Gasteiger partial charge in [0.15, 0.2) is 0 Å². The third-order valence-corrected chi connectivity index (χ3v) is 2.28. The number of hydrogen-bond acceptors (Lipinski definition) is 4. The average Bonchev–Trinajstić information content (AvgIpc) is 2.13. The number of nitrogens with zero attached hydrogens (tertiary/aromatic N) is 2. The van der Waals surface area contributed by atoms with E-state index in [9.17, 15) is 4.79 Å². The lowest BCUT2D eigenvalue weighted by Crippen LogP contribution is -2.11. The van der Waals surface area contributed by atoms with E-state index in [1.165, 1.54) is 0 Å². The Labute approximate surface area is 93.6 Å². The predicted octanol–water partition coefficient (Wildman–Crippen LogP) is 1.85. The fourth-order valence-corrected chi connectivity index (χ4v) is 1.40. The van der Waals surface area contributed by atoms with Crippen molar-refractivity contribution < 1.29 is 9.53 Å². The van der Waals surface area contributed by atoms with Crippen LogP contribution in [0, 0.1) is 13.8 Å². The first-order chi connectivity index (χ1) is 7.04. The highest BCUT2D eigenvalue weighted by Crippen LogP contribution is 2.15. The van der Waals surface area contributed by atoms with Gasteiger partial charge in [0, 0.05) is 5.56 Å². The average molecular weight is 229 g/mol. The van der Waals surface area contributed by atoms with E-state index in [1.807, 2.05) is 0 Å². The molecule has 0 fully saturated rings. The van der Waals surface area contributed by atoms with Gasteiger partial charge in [0.25, 0.3) is 0 Å². The summed E-state index contributed by atoms with van der Waals surface area (Å²) >= 11 is 5.88. The number of ether oxygens (including phenoxy) is 1. The molecule has 0 aromatic carbocycles. The molecule has 15 heavy (non-hydrogen) atoms. The lowest BCUT2D eigenvalue weighted by atomic mass is 10.2. The zero-order valence-electron chi connectivity index (χ0n) is 9.00. The molecule has 5 heteroatoms. The van der Waals surface area contributed by atoms with Crippen molar-refractivity contribution >= 4 is 17.6 Å². The largest absolute Gasteiger partial charge is 0.466 e. The molecule has 0 amide bonds.